The molecule has 7 nitrogen and oxygen atoms in total. The van der Waals surface area contributed by atoms with Crippen LogP contribution in [0.4, 0.5) is 4.79 Å². The maximum Gasteiger partial charge on any atom is 0.408 e. The summed E-state index contributed by atoms with van der Waals surface area (Å²) in [5, 5.41) is 2.60. The fraction of sp³-hybridized carbons (Fsp3) is 0.706. The van der Waals surface area contributed by atoms with Gasteiger partial charge >= 0.3 is 12.1 Å². The second kappa shape index (κ2) is 9.30. The van der Waals surface area contributed by atoms with E-state index in [0.29, 0.717) is 13.0 Å². The van der Waals surface area contributed by atoms with Crippen molar-refractivity contribution in [1.82, 2.24) is 10.2 Å². The van der Waals surface area contributed by atoms with Crippen LogP contribution in [0.5, 0.6) is 0 Å². The summed E-state index contributed by atoms with van der Waals surface area (Å²) in [5.74, 6) is -0.755. The van der Waals surface area contributed by atoms with E-state index in [1.54, 1.807) is 27.7 Å². The molecule has 0 aromatic rings. The standard InChI is InChI=1S/C17H28N2O5/c1-5-23-14(20)12-19-11-9-7-6-8-10-13(15(19)21)18-16(22)24-17(2,3)4/h6,8,13H,5,7,9-12H2,1-4H3,(H,18,22)/b8-6-/t13-/m0/s1. The van der Waals surface area contributed by atoms with Crippen LogP contribution in [0.2, 0.25) is 0 Å². The molecule has 2 amide bonds. The van der Waals surface area contributed by atoms with Gasteiger partial charge in [-0.15, -0.1) is 0 Å². The average molecular weight is 340 g/mol. The molecular formula is C17H28N2O5. The van der Waals surface area contributed by atoms with Crippen LogP contribution >= 0.6 is 0 Å². The van der Waals surface area contributed by atoms with Gasteiger partial charge in [0.25, 0.3) is 0 Å². The van der Waals surface area contributed by atoms with E-state index in [-0.39, 0.29) is 19.1 Å². The van der Waals surface area contributed by atoms with E-state index in [4.69, 9.17) is 9.47 Å². The van der Waals surface area contributed by atoms with Gasteiger partial charge in [0, 0.05) is 6.54 Å². The topological polar surface area (TPSA) is 84.9 Å². The molecular weight excluding hydrogens is 312 g/mol. The molecule has 1 atom stereocenters. The lowest BCUT2D eigenvalue weighted by Gasteiger charge is -2.27. The Morgan fingerprint density at radius 2 is 2.04 bits per heavy atom. The number of alkyl carbamates (subject to hydrolysis) is 1. The van der Waals surface area contributed by atoms with Gasteiger partial charge in [-0.05, 0) is 47.0 Å². The second-order valence-electron chi connectivity index (χ2n) is 6.61. The van der Waals surface area contributed by atoms with Gasteiger partial charge in [-0.2, -0.15) is 0 Å². The number of nitrogens with one attached hydrogen (secondary N) is 1. The lowest BCUT2D eigenvalue weighted by molar-refractivity contribution is -0.149. The minimum absolute atomic E-state index is 0.112. The van der Waals surface area contributed by atoms with Crippen molar-refractivity contribution in [2.75, 3.05) is 19.7 Å². The van der Waals surface area contributed by atoms with Crippen LogP contribution in [-0.2, 0) is 19.1 Å². The molecule has 0 saturated carbocycles. The molecule has 0 unspecified atom stereocenters. The van der Waals surface area contributed by atoms with Gasteiger partial charge in [0.05, 0.1) is 6.61 Å². The highest BCUT2D eigenvalue weighted by Gasteiger charge is 2.29. The van der Waals surface area contributed by atoms with Gasteiger partial charge < -0.3 is 19.7 Å². The molecule has 0 aromatic heterocycles. The summed E-state index contributed by atoms with van der Waals surface area (Å²) in [4.78, 5) is 37.8. The Hall–Kier alpha value is -2.05. The third kappa shape index (κ3) is 7.48. The van der Waals surface area contributed by atoms with Gasteiger partial charge in [-0.1, -0.05) is 12.2 Å². The van der Waals surface area contributed by atoms with Gasteiger partial charge in [-0.3, -0.25) is 9.59 Å². The number of ether oxygens (including phenoxy) is 2. The number of nitrogens with zero attached hydrogens (tertiary/aromatic N) is 1. The first kappa shape index (κ1) is 20.0. The molecule has 0 aromatic carbocycles. The number of rotatable bonds is 4. The average Bonchev–Trinajstić information content (AvgIpc) is 2.52. The quantitative estimate of drug-likeness (QED) is 0.625. The summed E-state index contributed by atoms with van der Waals surface area (Å²) in [6.07, 6.45) is 5.12. The zero-order valence-electron chi connectivity index (χ0n) is 15.0. The van der Waals surface area contributed by atoms with Crippen LogP contribution in [0, 0.1) is 0 Å². The number of allylic oxidation sites excluding steroid dienone is 1. The highest BCUT2D eigenvalue weighted by molar-refractivity contribution is 5.88. The molecule has 0 radical (unpaired) electrons. The molecule has 1 heterocycles. The Morgan fingerprint density at radius 3 is 2.67 bits per heavy atom. The van der Waals surface area contributed by atoms with E-state index in [0.717, 1.165) is 12.8 Å². The van der Waals surface area contributed by atoms with Crippen molar-refractivity contribution in [3.63, 3.8) is 0 Å². The number of carbonyl (C=O) groups excluding carboxylic acids is 3. The lowest BCUT2D eigenvalue weighted by Crippen LogP contribution is -2.51. The van der Waals surface area contributed by atoms with Crippen LogP contribution in [0.1, 0.15) is 47.0 Å². The Morgan fingerprint density at radius 1 is 1.33 bits per heavy atom. The first-order valence-corrected chi connectivity index (χ1v) is 8.32. The van der Waals surface area contributed by atoms with Crippen molar-refractivity contribution in [2.45, 2.75) is 58.6 Å². The van der Waals surface area contributed by atoms with E-state index in [9.17, 15) is 14.4 Å². The summed E-state index contributed by atoms with van der Waals surface area (Å²) in [5.41, 5.74) is -0.647. The zero-order chi connectivity index (χ0) is 18.2. The number of amides is 2. The molecule has 0 saturated heterocycles. The number of hydrogen-bond acceptors (Lipinski definition) is 5. The van der Waals surface area contributed by atoms with Crippen LogP contribution in [-0.4, -0.2) is 54.2 Å². The highest BCUT2D eigenvalue weighted by atomic mass is 16.6. The summed E-state index contributed by atoms with van der Waals surface area (Å²) >= 11 is 0. The fourth-order valence-corrected chi connectivity index (χ4v) is 2.27. The molecule has 0 bridgehead atoms. The van der Waals surface area contributed by atoms with Crippen molar-refractivity contribution in [2.24, 2.45) is 0 Å². The Labute approximate surface area is 143 Å². The molecule has 1 aliphatic heterocycles. The Balaban J connectivity index is 2.79. The molecule has 7 heteroatoms. The lowest BCUT2D eigenvalue weighted by atomic mass is 10.1. The third-order valence-electron chi connectivity index (χ3n) is 3.26. The summed E-state index contributed by atoms with van der Waals surface area (Å²) in [6.45, 7) is 7.57. The fourth-order valence-electron chi connectivity index (χ4n) is 2.27. The maximum absolute atomic E-state index is 12.7. The van der Waals surface area contributed by atoms with Gasteiger partial charge in [0.2, 0.25) is 5.91 Å². The number of hydrogen-bond donors (Lipinski definition) is 1. The van der Waals surface area contributed by atoms with E-state index >= 15 is 0 Å². The van der Waals surface area contributed by atoms with Crippen molar-refractivity contribution in [3.8, 4) is 0 Å². The number of carbonyl (C=O) groups is 3. The molecule has 136 valence electrons. The molecule has 1 rings (SSSR count). The van der Waals surface area contributed by atoms with Gasteiger partial charge in [0.15, 0.2) is 0 Å². The van der Waals surface area contributed by atoms with Crippen LogP contribution in [0.3, 0.4) is 0 Å². The summed E-state index contributed by atoms with van der Waals surface area (Å²) in [7, 11) is 0. The zero-order valence-corrected chi connectivity index (χ0v) is 15.0. The molecule has 0 aliphatic carbocycles. The predicted molar refractivity (Wildman–Crippen MR) is 89.4 cm³/mol. The first-order valence-electron chi connectivity index (χ1n) is 8.32. The summed E-state index contributed by atoms with van der Waals surface area (Å²) < 4.78 is 10.1. The molecule has 24 heavy (non-hydrogen) atoms. The Kier molecular flexibility index (Phi) is 7.74. The normalized spacial score (nSPS) is 20.4. The van der Waals surface area contributed by atoms with E-state index < -0.39 is 23.7 Å². The molecule has 0 spiro atoms. The Bertz CT molecular complexity index is 482. The molecule has 1 aliphatic rings. The van der Waals surface area contributed by atoms with E-state index in [1.807, 2.05) is 12.2 Å². The van der Waals surface area contributed by atoms with Crippen molar-refractivity contribution < 1.29 is 23.9 Å². The van der Waals surface area contributed by atoms with E-state index in [2.05, 4.69) is 5.32 Å². The monoisotopic (exact) mass is 340 g/mol. The minimum atomic E-state index is -0.761. The van der Waals surface area contributed by atoms with Crippen molar-refractivity contribution >= 4 is 18.0 Å². The van der Waals surface area contributed by atoms with Crippen LogP contribution in [0.25, 0.3) is 0 Å². The highest BCUT2D eigenvalue weighted by Crippen LogP contribution is 2.11. The SMILES string of the molecule is CCOC(=O)CN1CCC/C=C\C[C@H](NC(=O)OC(C)(C)C)C1=O. The van der Waals surface area contributed by atoms with Crippen LogP contribution in [0.15, 0.2) is 12.2 Å². The second-order valence-corrected chi connectivity index (χ2v) is 6.61. The van der Waals surface area contributed by atoms with Crippen molar-refractivity contribution in [1.29, 1.82) is 0 Å². The number of esters is 1. The largest absolute Gasteiger partial charge is 0.465 e. The smallest absolute Gasteiger partial charge is 0.408 e. The predicted octanol–water partition coefficient (Wildman–Crippen LogP) is 2.01. The van der Waals surface area contributed by atoms with E-state index in [1.165, 1.54) is 4.90 Å². The maximum atomic E-state index is 12.7. The van der Waals surface area contributed by atoms with Crippen molar-refractivity contribution in [3.05, 3.63) is 12.2 Å². The van der Waals surface area contributed by atoms with Crippen LogP contribution < -0.4 is 5.32 Å². The van der Waals surface area contributed by atoms with Gasteiger partial charge in [-0.25, -0.2) is 4.79 Å². The summed E-state index contributed by atoms with van der Waals surface area (Å²) in [6, 6.07) is -0.761. The van der Waals surface area contributed by atoms with Gasteiger partial charge in [0.1, 0.15) is 18.2 Å². The first-order chi connectivity index (χ1) is 11.2. The minimum Gasteiger partial charge on any atom is -0.465 e. The third-order valence-corrected chi connectivity index (χ3v) is 3.26. The molecule has 0 fully saturated rings. The molecule has 1 N–H and O–H groups in total.